The molecular formula is C15H14O6. The van der Waals surface area contributed by atoms with Crippen LogP contribution in [0.3, 0.4) is 0 Å². The second-order valence-corrected chi connectivity index (χ2v) is 3.84. The van der Waals surface area contributed by atoms with Crippen molar-refractivity contribution in [3.8, 4) is 0 Å². The van der Waals surface area contributed by atoms with Crippen LogP contribution in [0.4, 0.5) is 0 Å². The second-order valence-electron chi connectivity index (χ2n) is 3.84. The molecule has 21 heavy (non-hydrogen) atoms. The first kappa shape index (κ1) is 16.2. The van der Waals surface area contributed by atoms with E-state index in [9.17, 15) is 14.4 Å². The molecule has 0 radical (unpaired) electrons. The molecule has 110 valence electrons. The van der Waals surface area contributed by atoms with Crippen molar-refractivity contribution in [3.63, 3.8) is 0 Å². The van der Waals surface area contributed by atoms with Gasteiger partial charge in [-0.25, -0.2) is 14.4 Å². The average molecular weight is 290 g/mol. The molecule has 0 heterocycles. The summed E-state index contributed by atoms with van der Waals surface area (Å²) in [5, 5.41) is 8.94. The zero-order valence-corrected chi connectivity index (χ0v) is 11.2. The van der Waals surface area contributed by atoms with Crippen LogP contribution in [0.25, 0.3) is 0 Å². The largest absolute Gasteiger partial charge is 0.478 e. The van der Waals surface area contributed by atoms with Gasteiger partial charge < -0.3 is 14.6 Å². The van der Waals surface area contributed by atoms with Gasteiger partial charge in [-0.3, -0.25) is 0 Å². The molecule has 0 saturated heterocycles. The summed E-state index contributed by atoms with van der Waals surface area (Å²) in [4.78, 5) is 34.7. The van der Waals surface area contributed by atoms with E-state index in [1.54, 1.807) is 0 Å². The van der Waals surface area contributed by atoms with Gasteiger partial charge in [0.15, 0.2) is 0 Å². The van der Waals surface area contributed by atoms with Crippen LogP contribution in [-0.2, 0) is 9.47 Å². The van der Waals surface area contributed by atoms with Gasteiger partial charge in [0.25, 0.3) is 0 Å². The molecule has 0 aliphatic rings. The maximum Gasteiger partial charge on any atom is 0.339 e. The van der Waals surface area contributed by atoms with Crippen LogP contribution < -0.4 is 0 Å². The predicted molar refractivity (Wildman–Crippen MR) is 74.4 cm³/mol. The molecule has 1 aromatic rings. The fraction of sp³-hybridized carbons (Fsp3) is 0.133. The molecular weight excluding hydrogens is 276 g/mol. The third-order valence-corrected chi connectivity index (χ3v) is 2.37. The summed E-state index contributed by atoms with van der Waals surface area (Å²) in [7, 11) is 0. The molecule has 1 aromatic carbocycles. The van der Waals surface area contributed by atoms with Crippen LogP contribution in [0.15, 0.2) is 43.5 Å². The quantitative estimate of drug-likeness (QED) is 0.610. The van der Waals surface area contributed by atoms with Crippen molar-refractivity contribution in [1.82, 2.24) is 0 Å². The van der Waals surface area contributed by atoms with Gasteiger partial charge in [0.2, 0.25) is 0 Å². The van der Waals surface area contributed by atoms with Crippen LogP contribution in [0, 0.1) is 0 Å². The summed E-state index contributed by atoms with van der Waals surface area (Å²) >= 11 is 0. The molecule has 0 amide bonds. The lowest BCUT2D eigenvalue weighted by atomic mass is 10.0. The molecule has 0 aliphatic heterocycles. The fourth-order valence-electron chi connectivity index (χ4n) is 1.45. The van der Waals surface area contributed by atoms with Crippen molar-refractivity contribution in [1.29, 1.82) is 0 Å². The van der Waals surface area contributed by atoms with Crippen LogP contribution in [0.1, 0.15) is 31.1 Å². The summed E-state index contributed by atoms with van der Waals surface area (Å²) in [5.41, 5.74) is -0.387. The minimum Gasteiger partial charge on any atom is -0.478 e. The number of ether oxygens (including phenoxy) is 2. The summed E-state index contributed by atoms with van der Waals surface area (Å²) in [6.07, 6.45) is 2.73. The van der Waals surface area contributed by atoms with Gasteiger partial charge >= 0.3 is 17.9 Å². The number of rotatable bonds is 7. The Kier molecular flexibility index (Phi) is 5.88. The Morgan fingerprint density at radius 1 is 1.00 bits per heavy atom. The van der Waals surface area contributed by atoms with E-state index in [1.165, 1.54) is 24.3 Å². The summed E-state index contributed by atoms with van der Waals surface area (Å²) in [6, 6.07) is 3.48. The topological polar surface area (TPSA) is 89.9 Å². The molecule has 0 bridgehead atoms. The Hall–Kier alpha value is -2.89. The van der Waals surface area contributed by atoms with E-state index in [4.69, 9.17) is 14.6 Å². The first-order valence-electron chi connectivity index (χ1n) is 5.94. The lowest BCUT2D eigenvalue weighted by molar-refractivity contribution is 0.0502. The normalized spacial score (nSPS) is 9.52. The number of carboxylic acid groups (broad SMARTS) is 1. The Balaban J connectivity index is 3.19. The second kappa shape index (κ2) is 7.64. The van der Waals surface area contributed by atoms with Crippen molar-refractivity contribution in [3.05, 3.63) is 60.2 Å². The standard InChI is InChI=1S/C15H14O6/c1-3-7-20-14(18)11-6-5-10(13(16)17)9-12(11)15(19)21-8-4-2/h3-6,9H,1-2,7-8H2,(H,16,17). The minimum atomic E-state index is -1.22. The number of benzene rings is 1. The molecule has 6 heteroatoms. The molecule has 0 atom stereocenters. The highest BCUT2D eigenvalue weighted by Gasteiger charge is 2.21. The Bertz CT molecular complexity index is 588. The molecule has 0 spiro atoms. The highest BCUT2D eigenvalue weighted by atomic mass is 16.5. The molecule has 0 fully saturated rings. The Morgan fingerprint density at radius 2 is 1.52 bits per heavy atom. The van der Waals surface area contributed by atoms with Crippen molar-refractivity contribution in [2.24, 2.45) is 0 Å². The highest BCUT2D eigenvalue weighted by Crippen LogP contribution is 2.15. The average Bonchev–Trinajstić information content (AvgIpc) is 2.49. The smallest absolute Gasteiger partial charge is 0.339 e. The predicted octanol–water partition coefficient (Wildman–Crippen LogP) is 2.07. The Morgan fingerprint density at radius 3 is 2.00 bits per heavy atom. The van der Waals surface area contributed by atoms with Gasteiger partial charge in [-0.2, -0.15) is 0 Å². The monoisotopic (exact) mass is 290 g/mol. The van der Waals surface area contributed by atoms with Gasteiger partial charge in [-0.1, -0.05) is 25.3 Å². The van der Waals surface area contributed by atoms with Gasteiger partial charge in [0, 0.05) is 0 Å². The van der Waals surface area contributed by atoms with Gasteiger partial charge in [-0.15, -0.1) is 0 Å². The zero-order chi connectivity index (χ0) is 15.8. The van der Waals surface area contributed by atoms with Crippen molar-refractivity contribution in [2.75, 3.05) is 13.2 Å². The molecule has 0 aromatic heterocycles. The van der Waals surface area contributed by atoms with Crippen molar-refractivity contribution < 1.29 is 29.0 Å². The maximum atomic E-state index is 11.9. The molecule has 0 unspecified atom stereocenters. The Labute approximate surface area is 121 Å². The zero-order valence-electron chi connectivity index (χ0n) is 11.2. The highest BCUT2D eigenvalue weighted by molar-refractivity contribution is 6.05. The van der Waals surface area contributed by atoms with Crippen LogP contribution in [0.5, 0.6) is 0 Å². The number of hydrogen-bond acceptors (Lipinski definition) is 5. The third-order valence-electron chi connectivity index (χ3n) is 2.37. The van der Waals surface area contributed by atoms with E-state index in [0.29, 0.717) is 0 Å². The van der Waals surface area contributed by atoms with Gasteiger partial charge in [-0.05, 0) is 18.2 Å². The number of carbonyl (C=O) groups is 3. The maximum absolute atomic E-state index is 11.9. The van der Waals surface area contributed by atoms with E-state index < -0.39 is 17.9 Å². The van der Waals surface area contributed by atoms with E-state index in [-0.39, 0.29) is 29.9 Å². The SMILES string of the molecule is C=CCOC(=O)c1ccc(C(=O)O)cc1C(=O)OCC=C. The molecule has 1 N–H and O–H groups in total. The van der Waals surface area contributed by atoms with Gasteiger partial charge in [0.1, 0.15) is 13.2 Å². The van der Waals surface area contributed by atoms with E-state index >= 15 is 0 Å². The van der Waals surface area contributed by atoms with Gasteiger partial charge in [0.05, 0.1) is 16.7 Å². The molecule has 0 saturated carbocycles. The van der Waals surface area contributed by atoms with Crippen LogP contribution in [0.2, 0.25) is 0 Å². The number of aromatic carboxylic acids is 1. The summed E-state index contributed by atoms with van der Waals surface area (Å²) < 4.78 is 9.67. The number of hydrogen-bond donors (Lipinski definition) is 1. The number of carbonyl (C=O) groups excluding carboxylic acids is 2. The number of carboxylic acids is 1. The summed E-state index contributed by atoms with van der Waals surface area (Å²) in [6.45, 7) is 6.71. The van der Waals surface area contributed by atoms with E-state index in [2.05, 4.69) is 13.2 Å². The first-order valence-corrected chi connectivity index (χ1v) is 5.94. The lowest BCUT2D eigenvalue weighted by Crippen LogP contribution is -2.15. The third kappa shape index (κ3) is 4.31. The van der Waals surface area contributed by atoms with E-state index in [0.717, 1.165) is 6.07 Å². The molecule has 6 nitrogen and oxygen atoms in total. The van der Waals surface area contributed by atoms with Crippen LogP contribution >= 0.6 is 0 Å². The van der Waals surface area contributed by atoms with E-state index in [1.807, 2.05) is 0 Å². The van der Waals surface area contributed by atoms with Crippen LogP contribution in [-0.4, -0.2) is 36.2 Å². The first-order chi connectivity index (χ1) is 10.0. The molecule has 0 aliphatic carbocycles. The lowest BCUT2D eigenvalue weighted by Gasteiger charge is -2.09. The number of esters is 2. The van der Waals surface area contributed by atoms with Crippen molar-refractivity contribution in [2.45, 2.75) is 0 Å². The van der Waals surface area contributed by atoms with Crippen molar-refractivity contribution >= 4 is 17.9 Å². The minimum absolute atomic E-state index is 0.0271. The summed E-state index contributed by atoms with van der Waals surface area (Å²) in [5.74, 6) is -2.82. The fourth-order valence-corrected chi connectivity index (χ4v) is 1.45. The molecule has 1 rings (SSSR count).